The number of unbranched alkanes of at least 4 members (excludes halogenated alkanes) is 35. The van der Waals surface area contributed by atoms with Crippen molar-refractivity contribution in [1.82, 2.24) is 5.32 Å². The molecule has 0 aliphatic carbocycles. The highest BCUT2D eigenvalue weighted by molar-refractivity contribution is 5.80. The van der Waals surface area contributed by atoms with Crippen LogP contribution in [0.2, 0.25) is 0 Å². The molecule has 0 radical (unpaired) electrons. The predicted molar refractivity (Wildman–Crippen MR) is 375 cm³/mol. The SMILES string of the molecule is CCCCC/C=C\C/C=C\C/C=C\C/C=C\CCCCCCCCCCCCCC(=O)OC1C(OCC(NC(=O)C(O)CCCCCCCCCCC/C=C\C/C=C\C/C=C\CCCCC)C(O)/C=C/CCCCCCCCCCC)OC(CO)C(O)C1O. The number of hydrogen-bond acceptors (Lipinski definition) is 10. The summed E-state index contributed by atoms with van der Waals surface area (Å²) in [6.07, 6.45) is 77.3. The monoisotopic (exact) mass is 1250 g/mol. The van der Waals surface area contributed by atoms with Crippen molar-refractivity contribution in [2.45, 2.75) is 372 Å². The lowest BCUT2D eigenvalue weighted by Crippen LogP contribution is -2.61. The third-order valence-corrected chi connectivity index (χ3v) is 17.0. The van der Waals surface area contributed by atoms with Gasteiger partial charge in [-0.3, -0.25) is 9.59 Å². The summed E-state index contributed by atoms with van der Waals surface area (Å²) in [4.78, 5) is 26.7. The molecule has 11 nitrogen and oxygen atoms in total. The van der Waals surface area contributed by atoms with E-state index in [4.69, 9.17) is 14.2 Å². The minimum absolute atomic E-state index is 0.116. The van der Waals surface area contributed by atoms with E-state index in [0.717, 1.165) is 103 Å². The normalized spacial score (nSPS) is 18.7. The Morgan fingerprint density at radius 1 is 0.438 bits per heavy atom. The molecule has 1 fully saturated rings. The van der Waals surface area contributed by atoms with Gasteiger partial charge in [0, 0.05) is 6.42 Å². The van der Waals surface area contributed by atoms with E-state index in [9.17, 15) is 35.1 Å². The van der Waals surface area contributed by atoms with E-state index in [1.807, 2.05) is 6.08 Å². The molecular weight excluding hydrogens is 1110 g/mol. The number of allylic oxidation sites excluding steroid dienone is 15. The number of rotatable bonds is 63. The van der Waals surface area contributed by atoms with E-state index < -0.39 is 67.4 Å². The summed E-state index contributed by atoms with van der Waals surface area (Å²) in [7, 11) is 0. The molecular formula is C78H137NO10. The average Bonchev–Trinajstić information content (AvgIpc) is 1.43. The fourth-order valence-electron chi connectivity index (χ4n) is 11.1. The van der Waals surface area contributed by atoms with Crippen LogP contribution >= 0.6 is 0 Å². The van der Waals surface area contributed by atoms with E-state index >= 15 is 0 Å². The van der Waals surface area contributed by atoms with Crippen LogP contribution in [0, 0.1) is 0 Å². The number of aliphatic hydroxyl groups excluding tert-OH is 5. The van der Waals surface area contributed by atoms with Crippen LogP contribution in [0.1, 0.15) is 323 Å². The zero-order chi connectivity index (χ0) is 64.6. The highest BCUT2D eigenvalue weighted by atomic mass is 16.7. The maximum absolute atomic E-state index is 13.5. The van der Waals surface area contributed by atoms with Crippen molar-refractivity contribution in [3.63, 3.8) is 0 Å². The molecule has 8 atom stereocenters. The number of carbonyl (C=O) groups excluding carboxylic acids is 2. The van der Waals surface area contributed by atoms with Crippen LogP contribution in [0.4, 0.5) is 0 Å². The van der Waals surface area contributed by atoms with Crippen molar-refractivity contribution < 1.29 is 49.3 Å². The molecule has 0 spiro atoms. The molecule has 0 aromatic heterocycles. The number of aliphatic hydroxyl groups is 5. The molecule has 514 valence electrons. The number of nitrogens with one attached hydrogen (secondary N) is 1. The van der Waals surface area contributed by atoms with Gasteiger partial charge in [-0.25, -0.2) is 0 Å². The van der Waals surface area contributed by atoms with Crippen LogP contribution < -0.4 is 5.32 Å². The molecule has 1 rings (SSSR count). The first kappa shape index (κ1) is 83.6. The highest BCUT2D eigenvalue weighted by Gasteiger charge is 2.47. The third kappa shape index (κ3) is 51.7. The van der Waals surface area contributed by atoms with Crippen LogP contribution in [0.5, 0.6) is 0 Å². The van der Waals surface area contributed by atoms with E-state index in [1.54, 1.807) is 6.08 Å². The predicted octanol–water partition coefficient (Wildman–Crippen LogP) is 19.4. The van der Waals surface area contributed by atoms with Gasteiger partial charge < -0.3 is 45.1 Å². The second-order valence-electron chi connectivity index (χ2n) is 25.3. The molecule has 11 heteroatoms. The number of hydrogen-bond donors (Lipinski definition) is 6. The number of carbonyl (C=O) groups is 2. The second kappa shape index (κ2) is 64.7. The quantitative estimate of drug-likeness (QED) is 0.0195. The first-order valence-corrected chi connectivity index (χ1v) is 37.0. The minimum Gasteiger partial charge on any atom is -0.454 e. The summed E-state index contributed by atoms with van der Waals surface area (Å²) in [5.41, 5.74) is 0. The Morgan fingerprint density at radius 2 is 0.775 bits per heavy atom. The van der Waals surface area contributed by atoms with Gasteiger partial charge in [0.25, 0.3) is 0 Å². The Morgan fingerprint density at radius 3 is 1.18 bits per heavy atom. The fraction of sp³-hybridized carbons (Fsp3) is 0.769. The van der Waals surface area contributed by atoms with Crippen molar-refractivity contribution in [2.24, 2.45) is 0 Å². The zero-order valence-electron chi connectivity index (χ0n) is 57.3. The Balaban J connectivity index is 2.53. The molecule has 1 saturated heterocycles. The lowest BCUT2D eigenvalue weighted by molar-refractivity contribution is -0.305. The van der Waals surface area contributed by atoms with Gasteiger partial charge in [0.1, 0.15) is 24.4 Å². The van der Waals surface area contributed by atoms with E-state index in [-0.39, 0.29) is 19.4 Å². The molecule has 1 aliphatic rings. The van der Waals surface area contributed by atoms with Gasteiger partial charge in [-0.05, 0) is 109 Å². The van der Waals surface area contributed by atoms with Crippen molar-refractivity contribution in [2.75, 3.05) is 13.2 Å². The van der Waals surface area contributed by atoms with Gasteiger partial charge in [0.05, 0.1) is 25.4 Å². The molecule has 1 heterocycles. The average molecular weight is 1250 g/mol. The van der Waals surface area contributed by atoms with Gasteiger partial charge in [0.2, 0.25) is 5.91 Å². The van der Waals surface area contributed by atoms with Crippen LogP contribution in [0.25, 0.3) is 0 Å². The largest absolute Gasteiger partial charge is 0.454 e. The standard InChI is InChI=1S/C78H137NO10/c1-4-7-10-13-16-19-22-24-26-28-30-32-34-35-36-37-38-40-42-44-46-48-51-54-57-60-63-66-73(83)89-76-75(85)74(84)72(67-80)88-78(76)87-68-69(70(81)64-61-58-55-52-49-21-18-15-12-9-6-3)79-77(86)71(82)65-62-59-56-53-50-47-45-43-41-39-33-31-29-27-25-23-20-17-14-11-8-5-2/h16-17,19-20,24-27,30-33,35-36,61,64,69-72,74-76,78,80-82,84-85H,4-15,18,21-23,28-29,34,37-60,62-63,65-68H2,1-3H3,(H,79,86)/b19-16-,20-17-,26-24-,27-25-,32-30-,33-31-,36-35-,64-61+. The minimum atomic E-state index is -1.62. The molecule has 6 N–H and O–H groups in total. The molecule has 1 amide bonds. The number of ether oxygens (including phenoxy) is 3. The Labute approximate surface area is 546 Å². The van der Waals surface area contributed by atoms with Crippen molar-refractivity contribution in [1.29, 1.82) is 0 Å². The smallest absolute Gasteiger partial charge is 0.306 e. The summed E-state index contributed by atoms with van der Waals surface area (Å²) >= 11 is 0. The maximum Gasteiger partial charge on any atom is 0.306 e. The van der Waals surface area contributed by atoms with E-state index in [1.165, 1.54) is 173 Å². The van der Waals surface area contributed by atoms with Crippen molar-refractivity contribution in [3.05, 3.63) is 97.2 Å². The molecule has 0 aromatic carbocycles. The lowest BCUT2D eigenvalue weighted by Gasteiger charge is -2.41. The van der Waals surface area contributed by atoms with E-state index in [2.05, 4.69) is 111 Å². The first-order valence-electron chi connectivity index (χ1n) is 37.0. The van der Waals surface area contributed by atoms with Crippen LogP contribution in [0.15, 0.2) is 97.2 Å². The van der Waals surface area contributed by atoms with Gasteiger partial charge in [0.15, 0.2) is 12.4 Å². The lowest BCUT2D eigenvalue weighted by atomic mass is 9.99. The molecule has 89 heavy (non-hydrogen) atoms. The summed E-state index contributed by atoms with van der Waals surface area (Å²) < 4.78 is 17.7. The van der Waals surface area contributed by atoms with Crippen LogP contribution in [-0.2, 0) is 23.8 Å². The zero-order valence-corrected chi connectivity index (χ0v) is 57.3. The Bertz CT molecular complexity index is 1820. The van der Waals surface area contributed by atoms with Crippen molar-refractivity contribution in [3.8, 4) is 0 Å². The maximum atomic E-state index is 13.5. The molecule has 1 aliphatic heterocycles. The van der Waals surface area contributed by atoms with Gasteiger partial charge >= 0.3 is 5.97 Å². The van der Waals surface area contributed by atoms with E-state index in [0.29, 0.717) is 12.8 Å². The van der Waals surface area contributed by atoms with Gasteiger partial charge in [-0.1, -0.05) is 304 Å². The summed E-state index contributed by atoms with van der Waals surface area (Å²) in [5.74, 6) is -1.20. The van der Waals surface area contributed by atoms with Gasteiger partial charge in [-0.2, -0.15) is 0 Å². The third-order valence-electron chi connectivity index (χ3n) is 17.0. The summed E-state index contributed by atoms with van der Waals surface area (Å²) in [5, 5.41) is 57.3. The van der Waals surface area contributed by atoms with Crippen molar-refractivity contribution >= 4 is 11.9 Å². The topological polar surface area (TPSA) is 175 Å². The molecule has 8 unspecified atom stereocenters. The Hall–Kier alpha value is -3.42. The highest BCUT2D eigenvalue weighted by Crippen LogP contribution is 2.26. The summed E-state index contributed by atoms with van der Waals surface area (Å²) in [6.45, 7) is 5.75. The first-order chi connectivity index (χ1) is 43.7. The van der Waals surface area contributed by atoms with Crippen LogP contribution in [-0.4, -0.2) is 99.6 Å². The number of amides is 1. The van der Waals surface area contributed by atoms with Crippen LogP contribution in [0.3, 0.4) is 0 Å². The Kier molecular flexibility index (Phi) is 60.7. The number of esters is 1. The fourth-order valence-corrected chi connectivity index (χ4v) is 11.1. The van der Waals surface area contributed by atoms with Gasteiger partial charge in [-0.15, -0.1) is 0 Å². The molecule has 0 saturated carbocycles. The second-order valence-corrected chi connectivity index (χ2v) is 25.3. The molecule has 0 bridgehead atoms. The molecule has 0 aromatic rings. The summed E-state index contributed by atoms with van der Waals surface area (Å²) in [6, 6.07) is -1.03.